The molecule has 7 heteroatoms. The molecule has 7 nitrogen and oxygen atoms in total. The molecule has 0 saturated carbocycles. The van der Waals surface area contributed by atoms with Crippen LogP contribution in [0.2, 0.25) is 0 Å². The van der Waals surface area contributed by atoms with Crippen LogP contribution in [0.15, 0.2) is 77.7 Å². The van der Waals surface area contributed by atoms with Crippen LogP contribution < -0.4 is 15.7 Å². The van der Waals surface area contributed by atoms with Crippen LogP contribution in [0.4, 0.5) is 0 Å². The van der Waals surface area contributed by atoms with Crippen LogP contribution in [-0.4, -0.2) is 27.1 Å². The first-order chi connectivity index (χ1) is 14.6. The number of pyridine rings is 1. The van der Waals surface area contributed by atoms with Crippen molar-refractivity contribution in [2.24, 2.45) is 0 Å². The number of ether oxygens (including phenoxy) is 1. The van der Waals surface area contributed by atoms with E-state index in [1.54, 1.807) is 25.4 Å². The maximum atomic E-state index is 13.1. The minimum absolute atomic E-state index is 0.0959. The smallest absolute Gasteiger partial charge is 0.335 e. The zero-order valence-corrected chi connectivity index (χ0v) is 16.8. The highest BCUT2D eigenvalue weighted by molar-refractivity contribution is 5.80. The summed E-state index contributed by atoms with van der Waals surface area (Å²) >= 11 is 0. The van der Waals surface area contributed by atoms with E-state index in [0.29, 0.717) is 16.9 Å². The van der Waals surface area contributed by atoms with Crippen molar-refractivity contribution in [3.8, 4) is 11.4 Å². The lowest BCUT2D eigenvalue weighted by atomic mass is 10.1. The van der Waals surface area contributed by atoms with Crippen LogP contribution in [-0.2, 0) is 11.3 Å². The maximum absolute atomic E-state index is 13.1. The van der Waals surface area contributed by atoms with E-state index in [1.165, 1.54) is 9.13 Å². The molecule has 2 aromatic heterocycles. The van der Waals surface area contributed by atoms with E-state index in [9.17, 15) is 9.59 Å². The van der Waals surface area contributed by atoms with Crippen molar-refractivity contribution in [3.63, 3.8) is 0 Å². The third kappa shape index (κ3) is 3.69. The van der Waals surface area contributed by atoms with Crippen LogP contribution in [0.3, 0.4) is 0 Å². The summed E-state index contributed by atoms with van der Waals surface area (Å²) in [5.41, 5.74) is 2.48. The molecule has 0 bridgehead atoms. The predicted octanol–water partition coefficient (Wildman–Crippen LogP) is 3.07. The van der Waals surface area contributed by atoms with E-state index in [4.69, 9.17) is 4.74 Å². The van der Waals surface area contributed by atoms with Crippen LogP contribution in [0.1, 0.15) is 18.5 Å². The number of carbonyl (C=O) groups is 1. The Labute approximate surface area is 173 Å². The molecule has 0 unspecified atom stereocenters. The molecule has 152 valence electrons. The van der Waals surface area contributed by atoms with Gasteiger partial charge in [-0.05, 0) is 48.9 Å². The summed E-state index contributed by atoms with van der Waals surface area (Å²) < 4.78 is 8.14. The van der Waals surface area contributed by atoms with E-state index >= 15 is 0 Å². The molecule has 0 aliphatic carbocycles. The zero-order chi connectivity index (χ0) is 21.1. The van der Waals surface area contributed by atoms with Gasteiger partial charge in [-0.1, -0.05) is 30.3 Å². The number of para-hydroxylation sites is 1. The zero-order valence-electron chi connectivity index (χ0n) is 16.8. The lowest BCUT2D eigenvalue weighted by Gasteiger charge is -2.15. The predicted molar refractivity (Wildman–Crippen MR) is 115 cm³/mol. The van der Waals surface area contributed by atoms with Gasteiger partial charge in [0.15, 0.2) is 5.65 Å². The Kier molecular flexibility index (Phi) is 5.34. The Morgan fingerprint density at radius 2 is 1.80 bits per heavy atom. The summed E-state index contributed by atoms with van der Waals surface area (Å²) in [5, 5.41) is 2.95. The number of hydrogen-bond donors (Lipinski definition) is 1. The van der Waals surface area contributed by atoms with E-state index in [2.05, 4.69) is 10.3 Å². The number of rotatable bonds is 6. The SMILES string of the molecule is COc1ccc([C@H](C)NC(=O)Cn2c(=O)n(-c3ccccc3)c3ncccc32)cc1. The molecule has 2 aromatic carbocycles. The second kappa shape index (κ2) is 8.24. The number of methoxy groups -OCH3 is 1. The Morgan fingerprint density at radius 1 is 1.07 bits per heavy atom. The van der Waals surface area contributed by atoms with Crippen molar-refractivity contribution in [1.29, 1.82) is 0 Å². The number of amides is 1. The molecule has 30 heavy (non-hydrogen) atoms. The van der Waals surface area contributed by atoms with Crippen molar-refractivity contribution >= 4 is 17.1 Å². The van der Waals surface area contributed by atoms with Gasteiger partial charge in [0.25, 0.3) is 0 Å². The number of nitrogens with zero attached hydrogens (tertiary/aromatic N) is 3. The molecular formula is C23H22N4O3. The molecular weight excluding hydrogens is 380 g/mol. The first-order valence-corrected chi connectivity index (χ1v) is 9.63. The first kappa shape index (κ1) is 19.4. The van der Waals surface area contributed by atoms with Gasteiger partial charge in [-0.2, -0.15) is 0 Å². The quantitative estimate of drug-likeness (QED) is 0.538. The highest BCUT2D eigenvalue weighted by Crippen LogP contribution is 2.18. The lowest BCUT2D eigenvalue weighted by molar-refractivity contribution is -0.122. The van der Waals surface area contributed by atoms with Crippen molar-refractivity contribution in [1.82, 2.24) is 19.4 Å². The molecule has 0 spiro atoms. The highest BCUT2D eigenvalue weighted by atomic mass is 16.5. The molecule has 0 radical (unpaired) electrons. The lowest BCUT2D eigenvalue weighted by Crippen LogP contribution is -2.34. The Bertz CT molecular complexity index is 1230. The molecule has 0 fully saturated rings. The van der Waals surface area contributed by atoms with Gasteiger partial charge >= 0.3 is 5.69 Å². The highest BCUT2D eigenvalue weighted by Gasteiger charge is 2.18. The van der Waals surface area contributed by atoms with Crippen molar-refractivity contribution in [2.75, 3.05) is 7.11 Å². The standard InChI is InChI=1S/C23H22N4O3/c1-16(17-10-12-19(30-2)13-11-17)25-21(28)15-26-20-9-6-14-24-22(20)27(23(26)29)18-7-4-3-5-8-18/h3-14,16H,15H2,1-2H3,(H,25,28)/t16-/m0/s1. The van der Waals surface area contributed by atoms with Crippen LogP contribution in [0, 0.1) is 0 Å². The molecule has 1 N–H and O–H groups in total. The molecule has 4 aromatic rings. The Balaban J connectivity index is 1.61. The molecule has 2 heterocycles. The number of nitrogens with one attached hydrogen (secondary N) is 1. The van der Waals surface area contributed by atoms with Gasteiger partial charge in [0, 0.05) is 6.20 Å². The second-order valence-electron chi connectivity index (χ2n) is 6.95. The summed E-state index contributed by atoms with van der Waals surface area (Å²) in [6.45, 7) is 1.80. The fourth-order valence-electron chi connectivity index (χ4n) is 3.46. The van der Waals surface area contributed by atoms with E-state index in [1.807, 2.05) is 61.5 Å². The normalized spacial score (nSPS) is 11.9. The Morgan fingerprint density at radius 3 is 2.50 bits per heavy atom. The average Bonchev–Trinajstić information content (AvgIpc) is 3.05. The third-order valence-electron chi connectivity index (χ3n) is 5.00. The number of fused-ring (bicyclic) bond motifs is 1. The van der Waals surface area contributed by atoms with Gasteiger partial charge in [0.2, 0.25) is 5.91 Å². The monoisotopic (exact) mass is 402 g/mol. The minimum Gasteiger partial charge on any atom is -0.497 e. The topological polar surface area (TPSA) is 78.1 Å². The van der Waals surface area contributed by atoms with Crippen molar-refractivity contribution in [3.05, 3.63) is 89.0 Å². The van der Waals surface area contributed by atoms with Gasteiger partial charge in [-0.25, -0.2) is 14.3 Å². The van der Waals surface area contributed by atoms with Gasteiger partial charge < -0.3 is 10.1 Å². The van der Waals surface area contributed by atoms with Gasteiger partial charge in [0.1, 0.15) is 12.3 Å². The summed E-state index contributed by atoms with van der Waals surface area (Å²) in [4.78, 5) is 30.2. The van der Waals surface area contributed by atoms with Crippen LogP contribution >= 0.6 is 0 Å². The molecule has 0 aliphatic rings. The number of carbonyl (C=O) groups excluding carboxylic acids is 1. The third-order valence-corrected chi connectivity index (χ3v) is 5.00. The van der Waals surface area contributed by atoms with Crippen molar-refractivity contribution < 1.29 is 9.53 Å². The summed E-state index contributed by atoms with van der Waals surface area (Å²) in [6.07, 6.45) is 1.64. The minimum atomic E-state index is -0.304. The maximum Gasteiger partial charge on any atom is 0.335 e. The van der Waals surface area contributed by atoms with Crippen molar-refractivity contribution in [2.45, 2.75) is 19.5 Å². The molecule has 0 saturated heterocycles. The number of hydrogen-bond acceptors (Lipinski definition) is 4. The summed E-state index contributed by atoms with van der Waals surface area (Å²) in [7, 11) is 1.61. The van der Waals surface area contributed by atoms with Crippen LogP contribution in [0.25, 0.3) is 16.9 Å². The van der Waals surface area contributed by atoms with Gasteiger partial charge in [-0.15, -0.1) is 0 Å². The van der Waals surface area contributed by atoms with E-state index < -0.39 is 0 Å². The number of imidazole rings is 1. The first-order valence-electron chi connectivity index (χ1n) is 9.63. The number of aromatic nitrogens is 3. The molecule has 4 rings (SSSR count). The van der Waals surface area contributed by atoms with Crippen LogP contribution in [0.5, 0.6) is 5.75 Å². The van der Waals surface area contributed by atoms with E-state index in [-0.39, 0.29) is 24.2 Å². The molecule has 1 amide bonds. The summed E-state index contributed by atoms with van der Waals surface area (Å²) in [6, 6.07) is 20.1. The van der Waals surface area contributed by atoms with E-state index in [0.717, 1.165) is 11.3 Å². The Hall–Kier alpha value is -3.87. The molecule has 0 aliphatic heterocycles. The largest absolute Gasteiger partial charge is 0.497 e. The summed E-state index contributed by atoms with van der Waals surface area (Å²) in [5.74, 6) is 0.501. The fraction of sp³-hybridized carbons (Fsp3) is 0.174. The fourth-order valence-corrected chi connectivity index (χ4v) is 3.46. The van der Waals surface area contributed by atoms with Gasteiger partial charge in [0.05, 0.1) is 24.4 Å². The average molecular weight is 402 g/mol. The molecule has 1 atom stereocenters. The second-order valence-corrected chi connectivity index (χ2v) is 6.95. The number of benzene rings is 2. The van der Waals surface area contributed by atoms with Gasteiger partial charge in [-0.3, -0.25) is 9.36 Å².